The second-order valence-corrected chi connectivity index (χ2v) is 10.6. The Morgan fingerprint density at radius 2 is 1.96 bits per heavy atom. The zero-order valence-corrected chi connectivity index (χ0v) is 17.3. The van der Waals surface area contributed by atoms with Gasteiger partial charge in [-0.2, -0.15) is 0 Å². The van der Waals surface area contributed by atoms with Crippen LogP contribution in [0.1, 0.15) is 39.5 Å². The van der Waals surface area contributed by atoms with Crippen molar-refractivity contribution >= 4 is 16.0 Å². The monoisotopic (exact) mass is 386 g/mol. The summed E-state index contributed by atoms with van der Waals surface area (Å²) in [5.41, 5.74) is 0.115. The van der Waals surface area contributed by atoms with E-state index in [-0.39, 0.29) is 5.41 Å². The molecule has 26 heavy (non-hydrogen) atoms. The smallest absolute Gasteiger partial charge is 0.211 e. The molecular weight excluding hydrogens is 352 g/mol. The summed E-state index contributed by atoms with van der Waals surface area (Å²) in [5.74, 6) is 1.89. The summed E-state index contributed by atoms with van der Waals surface area (Å²) in [4.78, 5) is 4.40. The summed E-state index contributed by atoms with van der Waals surface area (Å²) in [7, 11) is -1.25. The van der Waals surface area contributed by atoms with E-state index in [0.29, 0.717) is 37.1 Å². The van der Waals surface area contributed by atoms with E-state index in [2.05, 4.69) is 29.5 Å². The van der Waals surface area contributed by atoms with Gasteiger partial charge in [0.15, 0.2) is 5.96 Å². The Hall–Kier alpha value is -0.860. The minimum absolute atomic E-state index is 0.115. The van der Waals surface area contributed by atoms with E-state index in [4.69, 9.17) is 4.74 Å². The van der Waals surface area contributed by atoms with Crippen LogP contribution in [0.25, 0.3) is 0 Å². The Labute approximate surface area is 158 Å². The first-order chi connectivity index (χ1) is 12.2. The van der Waals surface area contributed by atoms with Crippen LogP contribution in [-0.2, 0) is 14.8 Å². The Balaban J connectivity index is 1.47. The number of aliphatic imine (C=N–C) groups is 1. The molecule has 3 atom stereocenters. The molecule has 0 spiro atoms. The third kappa shape index (κ3) is 4.02. The second kappa shape index (κ2) is 7.64. The number of nitrogens with zero attached hydrogens (tertiary/aromatic N) is 2. The minimum atomic E-state index is -3.06. The van der Waals surface area contributed by atoms with E-state index < -0.39 is 10.0 Å². The van der Waals surface area contributed by atoms with Crippen LogP contribution in [0.3, 0.4) is 0 Å². The van der Waals surface area contributed by atoms with Crippen molar-refractivity contribution in [3.8, 4) is 0 Å². The molecule has 2 aliphatic heterocycles. The number of ether oxygens (including phenoxy) is 1. The number of fused-ring (bicyclic) bond motifs is 1. The van der Waals surface area contributed by atoms with Crippen LogP contribution in [0, 0.1) is 17.3 Å². The summed E-state index contributed by atoms with van der Waals surface area (Å²) in [6, 6.07) is 0.381. The van der Waals surface area contributed by atoms with E-state index >= 15 is 0 Å². The predicted molar refractivity (Wildman–Crippen MR) is 104 cm³/mol. The normalized spacial score (nSPS) is 33.2. The van der Waals surface area contributed by atoms with Gasteiger partial charge in [-0.15, -0.1) is 0 Å². The number of guanidine groups is 1. The first-order valence-electron chi connectivity index (χ1n) is 9.77. The largest absolute Gasteiger partial charge is 0.377 e. The summed E-state index contributed by atoms with van der Waals surface area (Å²) in [6.07, 6.45) is 5.79. The summed E-state index contributed by atoms with van der Waals surface area (Å²) in [5, 5.41) is 7.07. The first kappa shape index (κ1) is 19.9. The van der Waals surface area contributed by atoms with E-state index in [1.54, 1.807) is 4.31 Å². The third-order valence-electron chi connectivity index (χ3n) is 6.45. The number of piperidine rings is 1. The predicted octanol–water partition coefficient (Wildman–Crippen LogP) is 1.03. The molecule has 0 aromatic heterocycles. The fourth-order valence-corrected chi connectivity index (χ4v) is 5.72. The molecule has 3 fully saturated rings. The fraction of sp³-hybridized carbons (Fsp3) is 0.944. The number of hydrogen-bond donors (Lipinski definition) is 2. The first-order valence-corrected chi connectivity index (χ1v) is 11.6. The van der Waals surface area contributed by atoms with Crippen molar-refractivity contribution in [1.29, 1.82) is 0 Å². The molecule has 3 rings (SSSR count). The summed E-state index contributed by atoms with van der Waals surface area (Å²) in [6.45, 7) is 7.49. The van der Waals surface area contributed by atoms with Crippen LogP contribution < -0.4 is 10.6 Å². The van der Waals surface area contributed by atoms with Gasteiger partial charge in [0.05, 0.1) is 12.4 Å². The number of hydrogen-bond acceptors (Lipinski definition) is 4. The van der Waals surface area contributed by atoms with Crippen LogP contribution in [0.5, 0.6) is 0 Å². The lowest BCUT2D eigenvalue weighted by Crippen LogP contribution is -2.71. The van der Waals surface area contributed by atoms with Gasteiger partial charge in [0.25, 0.3) is 0 Å². The molecule has 0 aromatic rings. The zero-order chi connectivity index (χ0) is 18.9. The fourth-order valence-electron chi connectivity index (χ4n) is 4.84. The Bertz CT molecular complexity index is 626. The number of sulfonamides is 1. The molecular formula is C18H34N4O3S. The quantitative estimate of drug-likeness (QED) is 0.557. The lowest BCUT2D eigenvalue weighted by atomic mass is 9.55. The maximum Gasteiger partial charge on any atom is 0.211 e. The molecule has 8 heteroatoms. The minimum Gasteiger partial charge on any atom is -0.377 e. The molecule has 150 valence electrons. The van der Waals surface area contributed by atoms with E-state index in [1.165, 1.54) is 12.7 Å². The van der Waals surface area contributed by atoms with Gasteiger partial charge in [-0.05, 0) is 31.6 Å². The third-order valence-corrected chi connectivity index (χ3v) is 7.75. The van der Waals surface area contributed by atoms with Gasteiger partial charge in [-0.25, -0.2) is 12.7 Å². The molecule has 1 aliphatic carbocycles. The molecule has 0 aromatic carbocycles. The van der Waals surface area contributed by atoms with Gasteiger partial charge in [0.1, 0.15) is 0 Å². The number of nitrogens with one attached hydrogen (secondary N) is 2. The molecule has 2 saturated heterocycles. The molecule has 2 heterocycles. The van der Waals surface area contributed by atoms with Gasteiger partial charge in [-0.1, -0.05) is 13.8 Å². The Kier molecular flexibility index (Phi) is 5.84. The summed E-state index contributed by atoms with van der Waals surface area (Å²) >= 11 is 0. The van der Waals surface area contributed by atoms with E-state index in [1.807, 2.05) is 7.05 Å². The van der Waals surface area contributed by atoms with Crippen molar-refractivity contribution in [2.24, 2.45) is 22.2 Å². The molecule has 0 radical (unpaired) electrons. The molecule has 7 nitrogen and oxygen atoms in total. The Morgan fingerprint density at radius 3 is 2.58 bits per heavy atom. The molecule has 1 saturated carbocycles. The zero-order valence-electron chi connectivity index (χ0n) is 16.5. The van der Waals surface area contributed by atoms with Crippen molar-refractivity contribution in [3.63, 3.8) is 0 Å². The van der Waals surface area contributed by atoms with Gasteiger partial charge in [0, 0.05) is 50.7 Å². The van der Waals surface area contributed by atoms with Gasteiger partial charge in [0.2, 0.25) is 10.0 Å². The van der Waals surface area contributed by atoms with Gasteiger partial charge in [-0.3, -0.25) is 4.99 Å². The highest BCUT2D eigenvalue weighted by molar-refractivity contribution is 7.88. The molecule has 0 bridgehead atoms. The van der Waals surface area contributed by atoms with E-state index in [0.717, 1.165) is 38.4 Å². The van der Waals surface area contributed by atoms with Crippen LogP contribution >= 0.6 is 0 Å². The second-order valence-electron chi connectivity index (χ2n) is 8.60. The van der Waals surface area contributed by atoms with Crippen LogP contribution in [0.2, 0.25) is 0 Å². The molecule has 3 unspecified atom stereocenters. The number of rotatable bonds is 4. The SMILES string of the molecule is CN=C(NCC1CCN(S(C)(=O)=O)CC1)NC1C2CCCOC2C1(C)C. The average molecular weight is 387 g/mol. The van der Waals surface area contributed by atoms with Crippen LogP contribution in [-0.4, -0.2) is 70.4 Å². The van der Waals surface area contributed by atoms with Crippen LogP contribution in [0.15, 0.2) is 4.99 Å². The van der Waals surface area contributed by atoms with Gasteiger partial charge < -0.3 is 15.4 Å². The standard InChI is InChI=1S/C18H34N4O3S/c1-18(2)15(14-6-5-11-25-16(14)18)21-17(19-3)20-12-13-7-9-22(10-8-13)26(4,23)24/h13-16H,5-12H2,1-4H3,(H2,19,20,21). The van der Waals surface area contributed by atoms with Crippen LogP contribution in [0.4, 0.5) is 0 Å². The van der Waals surface area contributed by atoms with Crippen molar-refractivity contribution in [2.75, 3.05) is 39.5 Å². The topological polar surface area (TPSA) is 83.0 Å². The van der Waals surface area contributed by atoms with Gasteiger partial charge >= 0.3 is 0 Å². The van der Waals surface area contributed by atoms with E-state index in [9.17, 15) is 8.42 Å². The summed E-state index contributed by atoms with van der Waals surface area (Å²) < 4.78 is 30.8. The highest BCUT2D eigenvalue weighted by Gasteiger charge is 2.58. The van der Waals surface area contributed by atoms with Crippen molar-refractivity contribution < 1.29 is 13.2 Å². The maximum absolute atomic E-state index is 11.6. The van der Waals surface area contributed by atoms with Crippen molar-refractivity contribution in [3.05, 3.63) is 0 Å². The van der Waals surface area contributed by atoms with Crippen molar-refractivity contribution in [1.82, 2.24) is 14.9 Å². The highest BCUT2D eigenvalue weighted by Crippen LogP contribution is 2.51. The highest BCUT2D eigenvalue weighted by atomic mass is 32.2. The average Bonchev–Trinajstić information content (AvgIpc) is 2.61. The maximum atomic E-state index is 11.6. The van der Waals surface area contributed by atoms with Crippen molar-refractivity contribution in [2.45, 2.75) is 51.7 Å². The molecule has 2 N–H and O–H groups in total. The molecule has 3 aliphatic rings. The Morgan fingerprint density at radius 1 is 1.27 bits per heavy atom. The lowest BCUT2D eigenvalue weighted by Gasteiger charge is -2.60. The lowest BCUT2D eigenvalue weighted by molar-refractivity contribution is -0.188. The molecule has 0 amide bonds.